The van der Waals surface area contributed by atoms with Crippen molar-refractivity contribution < 1.29 is 14.3 Å². The van der Waals surface area contributed by atoms with E-state index in [1.807, 2.05) is 0 Å². The second-order valence-corrected chi connectivity index (χ2v) is 6.32. The van der Waals surface area contributed by atoms with Crippen LogP contribution in [0.1, 0.15) is 12.8 Å². The normalized spacial score (nSPS) is 17.1. The molecule has 1 aliphatic rings. The van der Waals surface area contributed by atoms with Gasteiger partial charge in [0.1, 0.15) is 6.61 Å². The molecular formula is C14H17Cl3N2O3. The topological polar surface area (TPSA) is 73.6 Å². The molecule has 8 heteroatoms. The first-order valence-electron chi connectivity index (χ1n) is 6.85. The summed E-state index contributed by atoms with van der Waals surface area (Å²) in [7, 11) is 0. The van der Waals surface area contributed by atoms with Crippen LogP contribution in [0.2, 0.25) is 15.1 Å². The molecule has 1 aliphatic heterocycles. The fourth-order valence-corrected chi connectivity index (χ4v) is 3.05. The highest BCUT2D eigenvalue weighted by Gasteiger charge is 2.35. The van der Waals surface area contributed by atoms with Gasteiger partial charge in [-0.05, 0) is 25.0 Å². The molecule has 0 radical (unpaired) electrons. The number of halogens is 3. The maximum atomic E-state index is 12.1. The van der Waals surface area contributed by atoms with Crippen LogP contribution in [0.25, 0.3) is 0 Å². The number of nitrogens with one attached hydrogen (secondary N) is 1. The van der Waals surface area contributed by atoms with Crippen molar-refractivity contribution in [1.82, 2.24) is 5.32 Å². The maximum Gasteiger partial charge on any atom is 0.240 e. The summed E-state index contributed by atoms with van der Waals surface area (Å²) in [5.74, 6) is 0.142. The average Bonchev–Trinajstić information content (AvgIpc) is 2.46. The summed E-state index contributed by atoms with van der Waals surface area (Å²) in [4.78, 5) is 12.1. The third kappa shape index (κ3) is 4.40. The van der Waals surface area contributed by atoms with Gasteiger partial charge < -0.3 is 20.5 Å². The summed E-state index contributed by atoms with van der Waals surface area (Å²) in [5, 5.41) is 3.83. The van der Waals surface area contributed by atoms with E-state index in [9.17, 15) is 4.79 Å². The molecule has 3 N–H and O–H groups in total. The standard InChI is InChI=1S/C14H17Cl3N2O3/c15-9-7-10(16)12(11(17)8-9)22-6-3-19-13(20)14(18)1-4-21-5-2-14/h7-8H,1-6,18H2,(H,19,20). The summed E-state index contributed by atoms with van der Waals surface area (Å²) in [6.45, 7) is 1.51. The molecule has 1 heterocycles. The number of carbonyl (C=O) groups excluding carboxylic acids is 1. The smallest absolute Gasteiger partial charge is 0.240 e. The molecule has 1 aromatic rings. The number of hydrogen-bond acceptors (Lipinski definition) is 4. The first-order chi connectivity index (χ1) is 10.4. The zero-order valence-corrected chi connectivity index (χ0v) is 14.1. The van der Waals surface area contributed by atoms with Crippen LogP contribution in [0.15, 0.2) is 12.1 Å². The molecule has 1 fully saturated rings. The first kappa shape index (κ1) is 17.6. The van der Waals surface area contributed by atoms with E-state index >= 15 is 0 Å². The van der Waals surface area contributed by atoms with Gasteiger partial charge in [0, 0.05) is 18.2 Å². The fraction of sp³-hybridized carbons (Fsp3) is 0.500. The summed E-state index contributed by atoms with van der Waals surface area (Å²) in [6.07, 6.45) is 1.02. The van der Waals surface area contributed by atoms with Crippen LogP contribution < -0.4 is 15.8 Å². The summed E-state index contributed by atoms with van der Waals surface area (Å²) >= 11 is 17.8. The van der Waals surface area contributed by atoms with E-state index in [2.05, 4.69) is 5.32 Å². The van der Waals surface area contributed by atoms with E-state index in [1.165, 1.54) is 0 Å². The Morgan fingerprint density at radius 1 is 1.27 bits per heavy atom. The molecule has 0 bridgehead atoms. The molecule has 0 aliphatic carbocycles. The van der Waals surface area contributed by atoms with Crippen LogP contribution in [0.3, 0.4) is 0 Å². The predicted molar refractivity (Wildman–Crippen MR) is 86.9 cm³/mol. The van der Waals surface area contributed by atoms with Gasteiger partial charge in [0.05, 0.1) is 22.1 Å². The monoisotopic (exact) mass is 366 g/mol. The van der Waals surface area contributed by atoms with E-state index in [-0.39, 0.29) is 12.5 Å². The summed E-state index contributed by atoms with van der Waals surface area (Å²) in [6, 6.07) is 3.08. The maximum absolute atomic E-state index is 12.1. The van der Waals surface area contributed by atoms with Crippen molar-refractivity contribution in [3.8, 4) is 5.75 Å². The van der Waals surface area contributed by atoms with E-state index in [0.29, 0.717) is 53.4 Å². The van der Waals surface area contributed by atoms with Gasteiger partial charge in [-0.1, -0.05) is 34.8 Å². The second-order valence-electron chi connectivity index (χ2n) is 5.07. The minimum Gasteiger partial charge on any atom is -0.489 e. The number of carbonyl (C=O) groups is 1. The van der Waals surface area contributed by atoms with Crippen molar-refractivity contribution in [2.75, 3.05) is 26.4 Å². The number of nitrogens with two attached hydrogens (primary N) is 1. The number of benzene rings is 1. The minimum atomic E-state index is -0.867. The average molecular weight is 368 g/mol. The van der Waals surface area contributed by atoms with Gasteiger partial charge in [-0.2, -0.15) is 0 Å². The van der Waals surface area contributed by atoms with Gasteiger partial charge in [-0.3, -0.25) is 4.79 Å². The van der Waals surface area contributed by atoms with Gasteiger partial charge in [-0.15, -0.1) is 0 Å². The minimum absolute atomic E-state index is 0.201. The van der Waals surface area contributed by atoms with E-state index in [1.54, 1.807) is 12.1 Å². The van der Waals surface area contributed by atoms with Crippen molar-refractivity contribution in [2.24, 2.45) is 5.73 Å². The Labute approximate surface area is 144 Å². The fourth-order valence-electron chi connectivity index (χ4n) is 2.12. The lowest BCUT2D eigenvalue weighted by atomic mass is 9.90. The van der Waals surface area contributed by atoms with Crippen LogP contribution in [-0.4, -0.2) is 37.8 Å². The highest BCUT2D eigenvalue weighted by molar-refractivity contribution is 6.40. The van der Waals surface area contributed by atoms with Crippen LogP contribution in [0.4, 0.5) is 0 Å². The highest BCUT2D eigenvalue weighted by atomic mass is 35.5. The van der Waals surface area contributed by atoms with Gasteiger partial charge in [0.15, 0.2) is 5.75 Å². The molecular weight excluding hydrogens is 351 g/mol. The van der Waals surface area contributed by atoms with Crippen LogP contribution in [-0.2, 0) is 9.53 Å². The molecule has 1 aromatic carbocycles. The lowest BCUT2D eigenvalue weighted by Gasteiger charge is -2.31. The molecule has 1 saturated heterocycles. The Morgan fingerprint density at radius 3 is 2.45 bits per heavy atom. The molecule has 0 unspecified atom stereocenters. The van der Waals surface area contributed by atoms with Crippen molar-refractivity contribution in [1.29, 1.82) is 0 Å². The van der Waals surface area contributed by atoms with Gasteiger partial charge in [-0.25, -0.2) is 0 Å². The zero-order chi connectivity index (χ0) is 16.2. The summed E-state index contributed by atoms with van der Waals surface area (Å²) in [5.41, 5.74) is 5.20. The molecule has 0 atom stereocenters. The molecule has 0 saturated carbocycles. The van der Waals surface area contributed by atoms with E-state index < -0.39 is 5.54 Å². The van der Waals surface area contributed by atoms with Crippen molar-refractivity contribution >= 4 is 40.7 Å². The molecule has 0 aromatic heterocycles. The van der Waals surface area contributed by atoms with Crippen LogP contribution in [0.5, 0.6) is 5.75 Å². The largest absolute Gasteiger partial charge is 0.489 e. The van der Waals surface area contributed by atoms with Crippen molar-refractivity contribution in [2.45, 2.75) is 18.4 Å². The second kappa shape index (κ2) is 7.70. The van der Waals surface area contributed by atoms with Gasteiger partial charge in [0.2, 0.25) is 5.91 Å². The first-order valence-corrected chi connectivity index (χ1v) is 7.98. The quantitative estimate of drug-likeness (QED) is 0.785. The van der Waals surface area contributed by atoms with Gasteiger partial charge in [0.25, 0.3) is 0 Å². The molecule has 122 valence electrons. The molecule has 5 nitrogen and oxygen atoms in total. The molecule has 1 amide bonds. The third-order valence-corrected chi connectivity index (χ3v) is 4.21. The lowest BCUT2D eigenvalue weighted by molar-refractivity contribution is -0.129. The molecule has 2 rings (SSSR count). The number of rotatable bonds is 5. The number of hydrogen-bond donors (Lipinski definition) is 2. The predicted octanol–water partition coefficient (Wildman–Crippen LogP) is 2.65. The Kier molecular flexibility index (Phi) is 6.17. The number of ether oxygens (including phenoxy) is 2. The Balaban J connectivity index is 1.81. The summed E-state index contributed by atoms with van der Waals surface area (Å²) < 4.78 is 10.7. The van der Waals surface area contributed by atoms with Gasteiger partial charge >= 0.3 is 0 Å². The van der Waals surface area contributed by atoms with Crippen molar-refractivity contribution in [3.63, 3.8) is 0 Å². The number of amides is 1. The molecule has 22 heavy (non-hydrogen) atoms. The third-order valence-electron chi connectivity index (χ3n) is 3.43. The molecule has 0 spiro atoms. The zero-order valence-electron chi connectivity index (χ0n) is 11.8. The lowest BCUT2D eigenvalue weighted by Crippen LogP contribution is -2.57. The van der Waals surface area contributed by atoms with E-state index in [4.69, 9.17) is 50.0 Å². The Hall–Kier alpha value is -0.720. The highest BCUT2D eigenvalue weighted by Crippen LogP contribution is 2.35. The Bertz CT molecular complexity index is 525. The van der Waals surface area contributed by atoms with Crippen LogP contribution in [0, 0.1) is 0 Å². The SMILES string of the molecule is NC1(C(=O)NCCOc2c(Cl)cc(Cl)cc2Cl)CCOCC1. The van der Waals surface area contributed by atoms with E-state index in [0.717, 1.165) is 0 Å². The van der Waals surface area contributed by atoms with Crippen LogP contribution >= 0.6 is 34.8 Å². The Morgan fingerprint density at radius 2 is 1.86 bits per heavy atom. The van der Waals surface area contributed by atoms with Crippen molar-refractivity contribution in [3.05, 3.63) is 27.2 Å².